The molecule has 74 valence electrons. The van der Waals surface area contributed by atoms with Gasteiger partial charge in [0.1, 0.15) is 0 Å². The molecule has 0 radical (unpaired) electrons. The standard InChI is InChI=1S/C8H9NS2.2BrH.2Mg/c1-6-4-2-3-5-7(6)9-8(10)11;;;;/h2-5H,1H3,(H2,9,10,11);2*1H;;/q;;;2*+2/p-4. The number of hydrogen-bond acceptors (Lipinski definition) is 2. The molecule has 0 saturated heterocycles. The third kappa shape index (κ3) is 10.7. The second-order valence-corrected chi connectivity index (χ2v) is 3.20. The first kappa shape index (κ1) is 25.6. The average Bonchev–Trinajstić information content (AvgIpc) is 1.93. The molecule has 7 heteroatoms. The maximum atomic E-state index is 4.69. The van der Waals surface area contributed by atoms with Crippen LogP contribution in [0.25, 0.3) is 5.32 Å². The van der Waals surface area contributed by atoms with E-state index in [2.05, 4.69) is 30.2 Å². The monoisotopic (exact) mass is 387 g/mol. The van der Waals surface area contributed by atoms with Gasteiger partial charge in [0.2, 0.25) is 0 Å². The molecule has 0 amide bonds. The number of benzene rings is 1. The van der Waals surface area contributed by atoms with Crippen molar-refractivity contribution in [2.45, 2.75) is 6.92 Å². The Hall–Kier alpha value is 1.82. The van der Waals surface area contributed by atoms with Gasteiger partial charge in [0.15, 0.2) is 0 Å². The molecule has 0 aliphatic heterocycles. The summed E-state index contributed by atoms with van der Waals surface area (Å²) in [6.45, 7) is 1.98. The van der Waals surface area contributed by atoms with E-state index in [1.54, 1.807) is 0 Å². The van der Waals surface area contributed by atoms with Crippen molar-refractivity contribution in [3.8, 4) is 0 Å². The van der Waals surface area contributed by atoms with Crippen molar-refractivity contribution in [3.63, 3.8) is 0 Å². The van der Waals surface area contributed by atoms with Crippen molar-refractivity contribution in [2.75, 3.05) is 0 Å². The molecule has 0 aliphatic carbocycles. The Bertz CT molecular complexity index is 287. The van der Waals surface area contributed by atoms with Gasteiger partial charge in [-0.3, -0.25) is 0 Å². The van der Waals surface area contributed by atoms with Crippen LogP contribution in [0.5, 0.6) is 0 Å². The van der Waals surface area contributed by atoms with E-state index >= 15 is 0 Å². The van der Waals surface area contributed by atoms with Crippen LogP contribution in [0.2, 0.25) is 0 Å². The number of nitrogens with zero attached hydrogens (tertiary/aromatic N) is 1. The summed E-state index contributed by atoms with van der Waals surface area (Å²) in [5, 5.41) is 4.01. The minimum atomic E-state index is 0. The summed E-state index contributed by atoms with van der Waals surface area (Å²) in [6.07, 6.45) is 0. The molecular formula is C8H7Br2Mg2NS2. The molecule has 1 aromatic rings. The summed E-state index contributed by atoms with van der Waals surface area (Å²) in [5.41, 5.74) is 1.97. The Morgan fingerprint density at radius 2 is 1.67 bits per heavy atom. The van der Waals surface area contributed by atoms with Crippen LogP contribution >= 0.6 is 12.2 Å². The van der Waals surface area contributed by atoms with E-state index < -0.39 is 0 Å². The van der Waals surface area contributed by atoms with Gasteiger partial charge in [0.05, 0.1) is 0 Å². The minimum absolute atomic E-state index is 0. The predicted octanol–water partition coefficient (Wildman–Crippen LogP) is -3.92. The van der Waals surface area contributed by atoms with Gasteiger partial charge in [0.25, 0.3) is 0 Å². The first-order valence-corrected chi connectivity index (χ1v) is 4.00. The van der Waals surface area contributed by atoms with Crippen molar-refractivity contribution in [3.05, 3.63) is 35.1 Å². The van der Waals surface area contributed by atoms with Crippen molar-refractivity contribution in [1.29, 1.82) is 0 Å². The predicted molar refractivity (Wildman–Crippen MR) is 65.7 cm³/mol. The number of aryl methyl sites for hydroxylation is 1. The van der Waals surface area contributed by atoms with Gasteiger partial charge in [0, 0.05) is 0 Å². The third-order valence-corrected chi connectivity index (χ3v) is 1.51. The van der Waals surface area contributed by atoms with Crippen LogP contribution in [0.1, 0.15) is 5.56 Å². The van der Waals surface area contributed by atoms with Crippen LogP contribution in [0.4, 0.5) is 5.69 Å². The molecule has 0 spiro atoms. The van der Waals surface area contributed by atoms with Crippen molar-refractivity contribution in [2.24, 2.45) is 0 Å². The summed E-state index contributed by atoms with van der Waals surface area (Å²) in [5.74, 6) is 0. The zero-order valence-corrected chi connectivity index (χ0v) is 15.9. The zero-order chi connectivity index (χ0) is 8.27. The summed E-state index contributed by atoms with van der Waals surface area (Å²) in [7, 11) is 0. The molecule has 1 aromatic carbocycles. The third-order valence-electron chi connectivity index (χ3n) is 1.33. The molecule has 1 rings (SSSR count). The smallest absolute Gasteiger partial charge is 1.00 e. The molecule has 0 unspecified atom stereocenters. The zero-order valence-electron chi connectivity index (χ0n) is 8.24. The quantitative estimate of drug-likeness (QED) is 0.277. The van der Waals surface area contributed by atoms with Gasteiger partial charge in [-0.15, -0.1) is 5.69 Å². The van der Waals surface area contributed by atoms with Crippen molar-refractivity contribution >= 4 is 81.0 Å². The minimum Gasteiger partial charge on any atom is -1.00 e. The average molecular weight is 390 g/mol. The van der Waals surface area contributed by atoms with E-state index in [1.165, 1.54) is 0 Å². The molecule has 15 heavy (non-hydrogen) atoms. The maximum absolute atomic E-state index is 4.69. The van der Waals surface area contributed by atoms with Crippen LogP contribution in [0.3, 0.4) is 0 Å². The second kappa shape index (κ2) is 13.9. The van der Waals surface area contributed by atoms with Gasteiger partial charge in [-0.1, -0.05) is 29.8 Å². The molecule has 0 saturated carbocycles. The molecule has 0 fully saturated rings. The van der Waals surface area contributed by atoms with Crippen LogP contribution in [-0.4, -0.2) is 50.4 Å². The Kier molecular flexibility index (Phi) is 23.7. The summed E-state index contributed by atoms with van der Waals surface area (Å²) >= 11 is 9.37. The Morgan fingerprint density at radius 3 is 2.07 bits per heavy atom. The molecular weight excluding hydrogens is 383 g/mol. The molecule has 0 atom stereocenters. The molecule has 0 heterocycles. The number of para-hydroxylation sites is 1. The van der Waals surface area contributed by atoms with E-state index in [-0.39, 0.29) is 84.4 Å². The first-order chi connectivity index (χ1) is 5.20. The van der Waals surface area contributed by atoms with Gasteiger partial charge >= 0.3 is 46.1 Å². The van der Waals surface area contributed by atoms with Crippen molar-refractivity contribution < 1.29 is 34.0 Å². The van der Waals surface area contributed by atoms with Gasteiger partial charge in [-0.2, -0.15) is 0 Å². The summed E-state index contributed by atoms with van der Waals surface area (Å²) in [4.78, 5) is 0. The van der Waals surface area contributed by atoms with Crippen LogP contribution in [0, 0.1) is 6.92 Å². The first-order valence-electron chi connectivity index (χ1n) is 3.18. The van der Waals surface area contributed by atoms with Gasteiger partial charge in [-0.25, -0.2) is 4.32 Å². The van der Waals surface area contributed by atoms with Crippen LogP contribution < -0.4 is 34.0 Å². The second-order valence-electron chi connectivity index (χ2n) is 2.16. The number of rotatable bonds is 1. The van der Waals surface area contributed by atoms with E-state index in [0.29, 0.717) is 0 Å². The van der Waals surface area contributed by atoms with Gasteiger partial charge in [-0.05, 0) is 6.92 Å². The Balaban J connectivity index is -0.000000151. The SMILES string of the molecule is Cc1ccccc1[N-]C(=S)[S-].[Br-].[Br-].[Mg+2].[Mg+2]. The fourth-order valence-corrected chi connectivity index (χ4v) is 0.984. The fraction of sp³-hybridized carbons (Fsp3) is 0.125. The molecule has 1 nitrogen and oxygen atoms in total. The molecule has 0 N–H and O–H groups in total. The fourth-order valence-electron chi connectivity index (χ4n) is 0.787. The number of hydrogen-bond donors (Lipinski definition) is 0. The van der Waals surface area contributed by atoms with E-state index in [4.69, 9.17) is 0 Å². The normalized spacial score (nSPS) is 6.73. The molecule has 0 bridgehead atoms. The van der Waals surface area contributed by atoms with Crippen LogP contribution in [-0.2, 0) is 12.6 Å². The van der Waals surface area contributed by atoms with Crippen LogP contribution in [0.15, 0.2) is 24.3 Å². The molecule has 0 aromatic heterocycles. The Labute approximate surface area is 155 Å². The summed E-state index contributed by atoms with van der Waals surface area (Å²) in [6, 6.07) is 7.75. The van der Waals surface area contributed by atoms with Crippen molar-refractivity contribution in [1.82, 2.24) is 0 Å². The Morgan fingerprint density at radius 1 is 1.20 bits per heavy atom. The van der Waals surface area contributed by atoms with E-state index in [1.807, 2.05) is 31.2 Å². The molecule has 0 aliphatic rings. The maximum Gasteiger partial charge on any atom is 2.00 e. The summed E-state index contributed by atoms with van der Waals surface area (Å²) < 4.78 is 0.263. The largest absolute Gasteiger partial charge is 2.00 e. The number of halogens is 2. The number of thiocarbonyl (C=S) groups is 1. The van der Waals surface area contributed by atoms with E-state index in [0.717, 1.165) is 11.3 Å². The topological polar surface area (TPSA) is 14.1 Å². The van der Waals surface area contributed by atoms with Gasteiger partial charge < -0.3 is 64.1 Å². The van der Waals surface area contributed by atoms with E-state index in [9.17, 15) is 0 Å².